The number of hydrogen-bond acceptors (Lipinski definition) is 6. The minimum Gasteiger partial charge on any atom is -0.289 e. The highest BCUT2D eigenvalue weighted by Gasteiger charge is 2.35. The first-order valence-corrected chi connectivity index (χ1v) is 12.4. The zero-order valence-corrected chi connectivity index (χ0v) is 19.9. The summed E-state index contributed by atoms with van der Waals surface area (Å²) in [4.78, 5) is 29.7. The number of pyridine rings is 1. The van der Waals surface area contributed by atoms with Gasteiger partial charge in [0.05, 0.1) is 18.1 Å². The molecule has 10 heteroatoms. The summed E-state index contributed by atoms with van der Waals surface area (Å²) >= 11 is 0. The Bertz CT molecular complexity index is 799. The van der Waals surface area contributed by atoms with Gasteiger partial charge in [-0.15, -0.1) is 4.41 Å². The van der Waals surface area contributed by atoms with Gasteiger partial charge in [-0.3, -0.25) is 25.2 Å². The molecule has 0 saturated carbocycles. The second-order valence-electron chi connectivity index (χ2n) is 8.74. The fourth-order valence-corrected chi connectivity index (χ4v) is 4.26. The van der Waals surface area contributed by atoms with Gasteiger partial charge in [0.1, 0.15) is 0 Å². The van der Waals surface area contributed by atoms with Crippen LogP contribution in [-0.2, 0) is 26.0 Å². The van der Waals surface area contributed by atoms with Crippen molar-refractivity contribution >= 4 is 21.8 Å². The van der Waals surface area contributed by atoms with Gasteiger partial charge in [-0.1, -0.05) is 33.8 Å². The third-order valence-electron chi connectivity index (χ3n) is 4.86. The van der Waals surface area contributed by atoms with Crippen LogP contribution in [0.25, 0.3) is 0 Å². The summed E-state index contributed by atoms with van der Waals surface area (Å²) in [7, 11) is -3.68. The Kier molecular flexibility index (Phi) is 11.1. The van der Waals surface area contributed by atoms with Gasteiger partial charge in [0.15, 0.2) is 0 Å². The number of aromatic nitrogens is 1. The molecule has 0 aliphatic carbocycles. The van der Waals surface area contributed by atoms with Crippen molar-refractivity contribution in [2.45, 2.75) is 53.4 Å². The number of hydroxylamine groups is 1. The van der Waals surface area contributed by atoms with E-state index in [0.29, 0.717) is 25.7 Å². The maximum Gasteiger partial charge on any atom is 0.247 e. The molecular weight excluding hydrogens is 420 g/mol. The molecule has 1 aromatic heterocycles. The largest absolute Gasteiger partial charge is 0.289 e. The Hall–Kier alpha value is -2.04. The van der Waals surface area contributed by atoms with E-state index < -0.39 is 33.7 Å². The van der Waals surface area contributed by atoms with Crippen LogP contribution in [0.5, 0.6) is 0 Å². The second kappa shape index (κ2) is 12.7. The van der Waals surface area contributed by atoms with Gasteiger partial charge in [0.2, 0.25) is 21.8 Å². The maximum atomic E-state index is 13.1. The first-order chi connectivity index (χ1) is 14.5. The number of hydrazine groups is 1. The third kappa shape index (κ3) is 9.75. The molecule has 1 rings (SSSR count). The minimum atomic E-state index is -3.68. The highest BCUT2D eigenvalue weighted by atomic mass is 32.2. The predicted octanol–water partition coefficient (Wildman–Crippen LogP) is 2.14. The van der Waals surface area contributed by atoms with Crippen LogP contribution >= 0.6 is 0 Å². The van der Waals surface area contributed by atoms with Crippen molar-refractivity contribution in [3.63, 3.8) is 0 Å². The van der Waals surface area contributed by atoms with Crippen LogP contribution < -0.4 is 10.9 Å². The monoisotopic (exact) mass is 456 g/mol. The standard InChI is InChI=1S/C21H36N4O5S/c1-15(2)12-19(20(26)23-25(14-16(3)4)31(5,29)30)18(21(27)24-28)10-6-8-17-9-7-11-22-13-17/h7,9,11,13,15-16,18-19,28H,6,8,10,12,14H2,1-5H3,(H,23,26)(H,24,27)/t18-,19+/m0/s1. The summed E-state index contributed by atoms with van der Waals surface area (Å²) in [6.07, 6.45) is 6.45. The summed E-state index contributed by atoms with van der Waals surface area (Å²) in [6, 6.07) is 3.76. The molecule has 0 spiro atoms. The van der Waals surface area contributed by atoms with Gasteiger partial charge in [-0.25, -0.2) is 13.9 Å². The average Bonchev–Trinajstić information content (AvgIpc) is 2.68. The number of nitrogens with zero attached hydrogens (tertiary/aromatic N) is 2. The predicted molar refractivity (Wildman–Crippen MR) is 118 cm³/mol. The van der Waals surface area contributed by atoms with E-state index in [4.69, 9.17) is 0 Å². The van der Waals surface area contributed by atoms with Crippen LogP contribution in [0.1, 0.15) is 52.5 Å². The van der Waals surface area contributed by atoms with E-state index in [1.54, 1.807) is 17.9 Å². The quantitative estimate of drug-likeness (QED) is 0.308. The zero-order valence-electron chi connectivity index (χ0n) is 19.0. The molecule has 0 bridgehead atoms. The highest BCUT2D eigenvalue weighted by Crippen LogP contribution is 2.26. The summed E-state index contributed by atoms with van der Waals surface area (Å²) in [5.74, 6) is -2.71. The van der Waals surface area contributed by atoms with E-state index in [0.717, 1.165) is 16.2 Å². The number of aryl methyl sites for hydroxylation is 1. The van der Waals surface area contributed by atoms with Gasteiger partial charge in [0, 0.05) is 18.9 Å². The van der Waals surface area contributed by atoms with Gasteiger partial charge in [-0.05, 0) is 49.1 Å². The fraction of sp³-hybridized carbons (Fsp3) is 0.667. The van der Waals surface area contributed by atoms with E-state index in [1.165, 1.54) is 0 Å². The van der Waals surface area contributed by atoms with Gasteiger partial charge < -0.3 is 0 Å². The number of carbonyl (C=O) groups is 2. The maximum absolute atomic E-state index is 13.1. The third-order valence-corrected chi connectivity index (χ3v) is 5.91. The molecule has 176 valence electrons. The number of carbonyl (C=O) groups excluding carboxylic acids is 2. The highest BCUT2D eigenvalue weighted by molar-refractivity contribution is 7.88. The van der Waals surface area contributed by atoms with Crippen LogP contribution in [0.4, 0.5) is 0 Å². The van der Waals surface area contributed by atoms with Crippen molar-refractivity contribution in [3.05, 3.63) is 30.1 Å². The summed E-state index contributed by atoms with van der Waals surface area (Å²) < 4.78 is 25.2. The van der Waals surface area contributed by atoms with Crippen molar-refractivity contribution < 1.29 is 23.2 Å². The lowest BCUT2D eigenvalue weighted by Gasteiger charge is -2.29. The molecule has 0 aromatic carbocycles. The SMILES string of the molecule is CC(C)C[C@@H](C(=O)NN(CC(C)C)S(C)(=O)=O)[C@H](CCCc1cccnc1)C(=O)NO. The Morgan fingerprint density at radius 1 is 1.13 bits per heavy atom. The molecule has 3 N–H and O–H groups in total. The van der Waals surface area contributed by atoms with Crippen molar-refractivity contribution in [2.75, 3.05) is 12.8 Å². The summed E-state index contributed by atoms with van der Waals surface area (Å²) in [5, 5.41) is 9.27. The first kappa shape index (κ1) is 27.0. The molecule has 0 aliphatic heterocycles. The van der Waals surface area contributed by atoms with Crippen LogP contribution in [0.2, 0.25) is 0 Å². The van der Waals surface area contributed by atoms with E-state index in [9.17, 15) is 23.2 Å². The van der Waals surface area contributed by atoms with E-state index in [-0.39, 0.29) is 18.4 Å². The molecule has 0 unspecified atom stereocenters. The lowest BCUT2D eigenvalue weighted by Crippen LogP contribution is -2.51. The van der Waals surface area contributed by atoms with Crippen LogP contribution in [-0.4, -0.2) is 47.6 Å². The van der Waals surface area contributed by atoms with Gasteiger partial charge >= 0.3 is 0 Å². The number of rotatable bonds is 13. The molecule has 0 fully saturated rings. The Balaban J connectivity index is 3.04. The number of hydrogen-bond donors (Lipinski definition) is 3. The van der Waals surface area contributed by atoms with Crippen molar-refractivity contribution in [2.24, 2.45) is 23.7 Å². The minimum absolute atomic E-state index is 0.00501. The molecular formula is C21H36N4O5S. The van der Waals surface area contributed by atoms with Crippen molar-refractivity contribution in [1.29, 1.82) is 0 Å². The Labute approximate surface area is 185 Å². The lowest BCUT2D eigenvalue weighted by molar-refractivity contribution is -0.142. The smallest absolute Gasteiger partial charge is 0.247 e. The van der Waals surface area contributed by atoms with Crippen LogP contribution in [0.15, 0.2) is 24.5 Å². The molecule has 1 aromatic rings. The molecule has 31 heavy (non-hydrogen) atoms. The number of amides is 2. The Morgan fingerprint density at radius 2 is 1.81 bits per heavy atom. The lowest BCUT2D eigenvalue weighted by atomic mass is 9.81. The van der Waals surface area contributed by atoms with E-state index in [2.05, 4.69) is 10.4 Å². The van der Waals surface area contributed by atoms with Crippen LogP contribution in [0, 0.1) is 23.7 Å². The number of sulfonamides is 1. The molecule has 1 heterocycles. The molecule has 0 aliphatic rings. The van der Waals surface area contributed by atoms with Gasteiger partial charge in [-0.2, -0.15) is 0 Å². The summed E-state index contributed by atoms with van der Waals surface area (Å²) in [6.45, 7) is 7.65. The van der Waals surface area contributed by atoms with E-state index in [1.807, 2.05) is 39.8 Å². The van der Waals surface area contributed by atoms with Crippen molar-refractivity contribution in [1.82, 2.24) is 20.3 Å². The van der Waals surface area contributed by atoms with Gasteiger partial charge in [0.25, 0.3) is 0 Å². The molecule has 9 nitrogen and oxygen atoms in total. The fourth-order valence-electron chi connectivity index (χ4n) is 3.43. The number of nitrogens with one attached hydrogen (secondary N) is 2. The zero-order chi connectivity index (χ0) is 23.6. The van der Waals surface area contributed by atoms with E-state index >= 15 is 0 Å². The normalized spacial score (nSPS) is 14.0. The molecule has 2 amide bonds. The molecule has 0 saturated heterocycles. The second-order valence-corrected chi connectivity index (χ2v) is 10.6. The summed E-state index contributed by atoms with van der Waals surface area (Å²) in [5.41, 5.74) is 5.18. The first-order valence-electron chi connectivity index (χ1n) is 10.6. The van der Waals surface area contributed by atoms with Crippen molar-refractivity contribution in [3.8, 4) is 0 Å². The topological polar surface area (TPSA) is 129 Å². The molecule has 0 radical (unpaired) electrons. The molecule has 2 atom stereocenters. The Morgan fingerprint density at radius 3 is 2.29 bits per heavy atom. The average molecular weight is 457 g/mol. The van der Waals surface area contributed by atoms with Crippen LogP contribution in [0.3, 0.4) is 0 Å².